The maximum Gasteiger partial charge on any atom is 0.230 e. The van der Waals surface area contributed by atoms with Crippen molar-refractivity contribution in [3.05, 3.63) is 51.8 Å². The summed E-state index contributed by atoms with van der Waals surface area (Å²) in [6.45, 7) is 7.18. The van der Waals surface area contributed by atoms with E-state index in [1.165, 1.54) is 0 Å². The molecule has 152 valence electrons. The Morgan fingerprint density at radius 3 is 2.76 bits per heavy atom. The van der Waals surface area contributed by atoms with Gasteiger partial charge in [-0.2, -0.15) is 0 Å². The van der Waals surface area contributed by atoms with Gasteiger partial charge in [-0.1, -0.05) is 24.6 Å². The Balaban J connectivity index is 1.44. The van der Waals surface area contributed by atoms with E-state index in [1.807, 2.05) is 41.1 Å². The first-order chi connectivity index (χ1) is 14.1. The third-order valence-electron chi connectivity index (χ3n) is 5.02. The number of amides is 1. The van der Waals surface area contributed by atoms with Gasteiger partial charge in [0.1, 0.15) is 5.01 Å². The second kappa shape index (κ2) is 9.26. The highest BCUT2D eigenvalue weighted by Gasteiger charge is 2.20. The van der Waals surface area contributed by atoms with Crippen molar-refractivity contribution in [3.8, 4) is 9.88 Å². The van der Waals surface area contributed by atoms with Gasteiger partial charge in [0, 0.05) is 36.6 Å². The number of piperazine rings is 1. The number of hydrogen-bond donors (Lipinski definition) is 1. The van der Waals surface area contributed by atoms with Crippen molar-refractivity contribution in [3.63, 3.8) is 0 Å². The normalized spacial score (nSPS) is 14.9. The number of carbonyl (C=O) groups excluding carboxylic acids is 1. The summed E-state index contributed by atoms with van der Waals surface area (Å²) in [5.74, 6) is -0.0799. The molecule has 0 aliphatic carbocycles. The molecule has 1 N–H and O–H groups in total. The van der Waals surface area contributed by atoms with Gasteiger partial charge in [-0.3, -0.25) is 4.79 Å². The van der Waals surface area contributed by atoms with E-state index >= 15 is 0 Å². The van der Waals surface area contributed by atoms with Crippen molar-refractivity contribution in [2.45, 2.75) is 13.3 Å². The van der Waals surface area contributed by atoms with Crippen molar-refractivity contribution >= 4 is 51.6 Å². The predicted octanol–water partition coefficient (Wildman–Crippen LogP) is 4.85. The lowest BCUT2D eigenvalue weighted by Gasteiger charge is -2.36. The van der Waals surface area contributed by atoms with Gasteiger partial charge in [0.25, 0.3) is 0 Å². The van der Waals surface area contributed by atoms with E-state index in [2.05, 4.69) is 27.0 Å². The molecule has 1 aliphatic heterocycles. The zero-order valence-electron chi connectivity index (χ0n) is 16.2. The van der Waals surface area contributed by atoms with Crippen molar-refractivity contribution in [2.24, 2.45) is 0 Å². The van der Waals surface area contributed by atoms with Crippen molar-refractivity contribution in [1.82, 2.24) is 9.88 Å². The Labute approximate surface area is 183 Å². The number of nitrogens with zero attached hydrogens (tertiary/aromatic N) is 3. The molecule has 2 aromatic heterocycles. The molecule has 1 fully saturated rings. The minimum atomic E-state index is -0.0799. The van der Waals surface area contributed by atoms with Crippen molar-refractivity contribution < 1.29 is 4.79 Å². The monoisotopic (exact) mass is 446 g/mol. The van der Waals surface area contributed by atoms with E-state index in [4.69, 9.17) is 11.6 Å². The Kier molecular flexibility index (Phi) is 6.50. The van der Waals surface area contributed by atoms with Crippen LogP contribution in [-0.2, 0) is 11.2 Å². The first-order valence-corrected chi connectivity index (χ1v) is 11.8. The van der Waals surface area contributed by atoms with Crippen LogP contribution in [0.4, 0.5) is 11.4 Å². The third-order valence-corrected chi connectivity index (χ3v) is 7.18. The summed E-state index contributed by atoms with van der Waals surface area (Å²) in [7, 11) is 0. The Morgan fingerprint density at radius 1 is 1.21 bits per heavy atom. The molecule has 0 unspecified atom stereocenters. The number of likely N-dealkylation sites (N-methyl/N-ethyl adjacent to an activating group) is 1. The predicted molar refractivity (Wildman–Crippen MR) is 124 cm³/mol. The van der Waals surface area contributed by atoms with Crippen LogP contribution in [-0.4, -0.2) is 48.5 Å². The lowest BCUT2D eigenvalue weighted by Crippen LogP contribution is -2.46. The number of rotatable bonds is 6. The fraction of sp³-hybridized carbons (Fsp3) is 0.333. The molecule has 1 saturated heterocycles. The molecule has 8 heteroatoms. The van der Waals surface area contributed by atoms with Gasteiger partial charge in [0.05, 0.1) is 28.4 Å². The highest BCUT2D eigenvalue weighted by molar-refractivity contribution is 7.20. The molecule has 29 heavy (non-hydrogen) atoms. The molecular weight excluding hydrogens is 424 g/mol. The third kappa shape index (κ3) is 4.98. The molecule has 1 amide bonds. The summed E-state index contributed by atoms with van der Waals surface area (Å²) in [5.41, 5.74) is 2.58. The molecule has 1 aliphatic rings. The van der Waals surface area contributed by atoms with Gasteiger partial charge in [0.2, 0.25) is 5.91 Å². The highest BCUT2D eigenvalue weighted by Crippen LogP contribution is 2.31. The molecular formula is C21H23ClN4OS2. The van der Waals surface area contributed by atoms with E-state index < -0.39 is 0 Å². The Morgan fingerprint density at radius 2 is 2.03 bits per heavy atom. The topological polar surface area (TPSA) is 48.5 Å². The first-order valence-electron chi connectivity index (χ1n) is 9.67. The number of halogens is 1. The number of carbonyl (C=O) groups is 1. The molecule has 1 aromatic carbocycles. The van der Waals surface area contributed by atoms with Crippen LogP contribution in [0.15, 0.2) is 41.1 Å². The van der Waals surface area contributed by atoms with Crippen LogP contribution in [0.1, 0.15) is 12.6 Å². The van der Waals surface area contributed by atoms with Crippen LogP contribution in [0.25, 0.3) is 9.88 Å². The summed E-state index contributed by atoms with van der Waals surface area (Å²) in [6.07, 6.45) is 0.247. The van der Waals surface area contributed by atoms with Crippen molar-refractivity contribution in [1.29, 1.82) is 0 Å². The van der Waals surface area contributed by atoms with Gasteiger partial charge in [-0.05, 0) is 36.2 Å². The second-order valence-electron chi connectivity index (χ2n) is 6.93. The lowest BCUT2D eigenvalue weighted by atomic mass is 10.2. The molecule has 4 rings (SSSR count). The number of thiophene rings is 1. The molecule has 0 atom stereocenters. The number of thiazole rings is 1. The first kappa shape index (κ1) is 20.3. The number of anilines is 2. The Hall–Kier alpha value is -1.93. The summed E-state index contributed by atoms with van der Waals surface area (Å²) in [5, 5.41) is 8.62. The van der Waals surface area contributed by atoms with Crippen LogP contribution in [0.5, 0.6) is 0 Å². The van der Waals surface area contributed by atoms with Gasteiger partial charge in [-0.15, -0.1) is 22.7 Å². The van der Waals surface area contributed by atoms with E-state index in [0.29, 0.717) is 5.02 Å². The van der Waals surface area contributed by atoms with E-state index in [1.54, 1.807) is 22.7 Å². The average Bonchev–Trinajstić information content (AvgIpc) is 3.40. The summed E-state index contributed by atoms with van der Waals surface area (Å²) in [4.78, 5) is 23.2. The van der Waals surface area contributed by atoms with E-state index in [0.717, 1.165) is 59.7 Å². The number of hydrogen-bond acceptors (Lipinski definition) is 6. The quantitative estimate of drug-likeness (QED) is 0.588. The van der Waals surface area contributed by atoms with Gasteiger partial charge < -0.3 is 15.1 Å². The molecule has 0 bridgehead atoms. The second-order valence-corrected chi connectivity index (χ2v) is 9.17. The maximum atomic E-state index is 12.7. The highest BCUT2D eigenvalue weighted by atomic mass is 35.5. The largest absolute Gasteiger partial charge is 0.367 e. The molecule has 5 nitrogen and oxygen atoms in total. The fourth-order valence-corrected chi connectivity index (χ4v) is 5.26. The van der Waals surface area contributed by atoms with Crippen LogP contribution < -0.4 is 10.2 Å². The average molecular weight is 447 g/mol. The number of aromatic nitrogens is 1. The van der Waals surface area contributed by atoms with Gasteiger partial charge in [-0.25, -0.2) is 4.98 Å². The minimum absolute atomic E-state index is 0.0799. The molecule has 0 spiro atoms. The molecule has 0 saturated carbocycles. The molecule has 0 radical (unpaired) electrons. The summed E-state index contributed by atoms with van der Waals surface area (Å²) in [6, 6.07) is 9.77. The Bertz CT molecular complexity index is 965. The number of benzene rings is 1. The van der Waals surface area contributed by atoms with E-state index in [9.17, 15) is 4.79 Å². The zero-order chi connectivity index (χ0) is 20.2. The standard InChI is InChI=1S/C21H23ClN4OS2/c1-2-25-7-9-26(10-8-25)18-6-5-15(22)12-17(18)24-20(27)13-16-14-29-21(23-16)19-4-3-11-28-19/h3-6,11-12,14H,2,7-10,13H2,1H3,(H,24,27). The molecule has 3 aromatic rings. The van der Waals surface area contributed by atoms with Crippen LogP contribution >= 0.6 is 34.3 Å². The van der Waals surface area contributed by atoms with Crippen molar-refractivity contribution in [2.75, 3.05) is 42.9 Å². The van der Waals surface area contributed by atoms with Gasteiger partial charge in [0.15, 0.2) is 0 Å². The fourth-order valence-electron chi connectivity index (χ4n) is 3.45. The van der Waals surface area contributed by atoms with Crippen LogP contribution in [0.3, 0.4) is 0 Å². The maximum absolute atomic E-state index is 12.7. The van der Waals surface area contributed by atoms with Crippen LogP contribution in [0.2, 0.25) is 5.02 Å². The van der Waals surface area contributed by atoms with Gasteiger partial charge >= 0.3 is 0 Å². The summed E-state index contributed by atoms with van der Waals surface area (Å²) < 4.78 is 0. The zero-order valence-corrected chi connectivity index (χ0v) is 18.6. The minimum Gasteiger partial charge on any atom is -0.367 e. The SMILES string of the molecule is CCN1CCN(c2ccc(Cl)cc2NC(=O)Cc2csc(-c3cccs3)n2)CC1. The summed E-state index contributed by atoms with van der Waals surface area (Å²) >= 11 is 9.44. The number of nitrogens with one attached hydrogen (secondary N) is 1. The van der Waals surface area contributed by atoms with Crippen LogP contribution in [0, 0.1) is 0 Å². The lowest BCUT2D eigenvalue weighted by molar-refractivity contribution is -0.115. The smallest absolute Gasteiger partial charge is 0.230 e. The van der Waals surface area contributed by atoms with E-state index in [-0.39, 0.29) is 12.3 Å². The molecule has 3 heterocycles.